The van der Waals surface area contributed by atoms with Gasteiger partial charge >= 0.3 is 0 Å². The number of ether oxygens (including phenoxy) is 2. The minimum atomic E-state index is -1.06. The first kappa shape index (κ1) is 27.8. The molecule has 0 unspecified atom stereocenters. The zero-order chi connectivity index (χ0) is 27.1. The maximum Gasteiger partial charge on any atom is 0.237 e. The largest absolute Gasteiger partial charge is 0.379 e. The molecule has 3 heterocycles. The SMILES string of the molecule is CC(C)(C)C[C@H]1N[C@@H](COCCN2CCOCC2)[C@H](c2cccc(Cl)c2F)[C@@]12C(=O)Nc1cc(Cl)ccc12. The third kappa shape index (κ3) is 5.21. The van der Waals surface area contributed by atoms with Crippen LogP contribution in [-0.2, 0) is 19.7 Å². The predicted octanol–water partition coefficient (Wildman–Crippen LogP) is 5.23. The van der Waals surface area contributed by atoms with Crippen molar-refractivity contribution in [2.45, 2.75) is 50.6 Å². The van der Waals surface area contributed by atoms with Crippen molar-refractivity contribution in [3.8, 4) is 0 Å². The van der Waals surface area contributed by atoms with E-state index in [4.69, 9.17) is 32.7 Å². The quantitative estimate of drug-likeness (QED) is 0.451. The van der Waals surface area contributed by atoms with Crippen molar-refractivity contribution in [2.75, 3.05) is 51.4 Å². The molecule has 0 radical (unpaired) electrons. The molecule has 9 heteroatoms. The van der Waals surface area contributed by atoms with E-state index in [1.54, 1.807) is 30.3 Å². The predicted molar refractivity (Wildman–Crippen MR) is 149 cm³/mol. The Labute approximate surface area is 234 Å². The molecule has 0 bridgehead atoms. The molecule has 2 N–H and O–H groups in total. The van der Waals surface area contributed by atoms with E-state index in [9.17, 15) is 4.79 Å². The lowest BCUT2D eigenvalue weighted by atomic mass is 9.62. The molecule has 4 atom stereocenters. The minimum Gasteiger partial charge on any atom is -0.379 e. The third-order valence-corrected chi connectivity index (χ3v) is 8.52. The van der Waals surface area contributed by atoms with Gasteiger partial charge in [0.05, 0.1) is 31.5 Å². The van der Waals surface area contributed by atoms with Gasteiger partial charge in [-0.1, -0.05) is 62.2 Å². The molecule has 2 aromatic carbocycles. The van der Waals surface area contributed by atoms with Crippen molar-refractivity contribution in [3.63, 3.8) is 0 Å². The fourth-order valence-corrected chi connectivity index (χ4v) is 6.79. The maximum absolute atomic E-state index is 15.8. The van der Waals surface area contributed by atoms with Crippen LogP contribution in [0.15, 0.2) is 36.4 Å². The zero-order valence-corrected chi connectivity index (χ0v) is 23.7. The van der Waals surface area contributed by atoms with Gasteiger partial charge in [-0.2, -0.15) is 0 Å². The molecule has 206 valence electrons. The van der Waals surface area contributed by atoms with Gasteiger partial charge in [0.25, 0.3) is 0 Å². The number of fused-ring (bicyclic) bond motifs is 2. The van der Waals surface area contributed by atoms with Gasteiger partial charge in [0, 0.05) is 48.3 Å². The van der Waals surface area contributed by atoms with Crippen LogP contribution in [0.3, 0.4) is 0 Å². The van der Waals surface area contributed by atoms with Crippen LogP contribution in [0.1, 0.15) is 44.2 Å². The topological polar surface area (TPSA) is 62.8 Å². The molecule has 2 fully saturated rings. The average molecular weight is 565 g/mol. The highest BCUT2D eigenvalue weighted by Gasteiger charge is 2.64. The van der Waals surface area contributed by atoms with Crippen molar-refractivity contribution in [3.05, 3.63) is 63.4 Å². The van der Waals surface area contributed by atoms with E-state index in [0.29, 0.717) is 35.9 Å². The van der Waals surface area contributed by atoms with Gasteiger partial charge in [0.1, 0.15) is 11.2 Å². The first-order chi connectivity index (χ1) is 18.1. The van der Waals surface area contributed by atoms with E-state index in [-0.39, 0.29) is 28.4 Å². The highest BCUT2D eigenvalue weighted by Crippen LogP contribution is 2.57. The summed E-state index contributed by atoms with van der Waals surface area (Å²) in [7, 11) is 0. The second-order valence-corrected chi connectivity index (χ2v) is 12.6. The number of nitrogens with zero attached hydrogens (tertiary/aromatic N) is 1. The van der Waals surface area contributed by atoms with Crippen LogP contribution < -0.4 is 10.6 Å². The fourth-order valence-electron chi connectivity index (χ4n) is 6.43. The Balaban J connectivity index is 1.54. The number of hydrogen-bond donors (Lipinski definition) is 2. The molecule has 38 heavy (non-hydrogen) atoms. The van der Waals surface area contributed by atoms with Crippen LogP contribution in [0.25, 0.3) is 0 Å². The number of hydrogen-bond acceptors (Lipinski definition) is 5. The summed E-state index contributed by atoms with van der Waals surface area (Å²) >= 11 is 12.6. The van der Waals surface area contributed by atoms with E-state index >= 15 is 4.39 Å². The summed E-state index contributed by atoms with van der Waals surface area (Å²) in [4.78, 5) is 16.4. The monoisotopic (exact) mass is 563 g/mol. The molecule has 3 aliphatic heterocycles. The van der Waals surface area contributed by atoms with Crippen molar-refractivity contribution in [1.29, 1.82) is 0 Å². The van der Waals surface area contributed by atoms with E-state index < -0.39 is 17.2 Å². The molecule has 0 aliphatic carbocycles. The van der Waals surface area contributed by atoms with Crippen LogP contribution in [0, 0.1) is 11.2 Å². The summed E-state index contributed by atoms with van der Waals surface area (Å²) < 4.78 is 27.4. The lowest BCUT2D eigenvalue weighted by Crippen LogP contribution is -2.49. The van der Waals surface area contributed by atoms with Crippen LogP contribution in [0.2, 0.25) is 10.0 Å². The highest BCUT2D eigenvalue weighted by molar-refractivity contribution is 6.31. The van der Waals surface area contributed by atoms with Gasteiger partial charge in [-0.05, 0) is 41.2 Å². The Morgan fingerprint density at radius 1 is 1.18 bits per heavy atom. The Bertz CT molecular complexity index is 1180. The first-order valence-corrected chi connectivity index (χ1v) is 14.1. The molecule has 1 spiro atoms. The molecule has 2 aromatic rings. The summed E-state index contributed by atoms with van der Waals surface area (Å²) in [6.07, 6.45) is 0.700. The summed E-state index contributed by atoms with van der Waals surface area (Å²) in [6, 6.07) is 9.94. The van der Waals surface area contributed by atoms with E-state index in [1.165, 1.54) is 0 Å². The van der Waals surface area contributed by atoms with Gasteiger partial charge < -0.3 is 20.1 Å². The van der Waals surface area contributed by atoms with Crippen molar-refractivity contribution >= 4 is 34.8 Å². The molecular weight excluding hydrogens is 528 g/mol. The molecule has 6 nitrogen and oxygen atoms in total. The van der Waals surface area contributed by atoms with Crippen LogP contribution in [-0.4, -0.2) is 69.0 Å². The first-order valence-electron chi connectivity index (χ1n) is 13.3. The maximum atomic E-state index is 15.8. The van der Waals surface area contributed by atoms with Crippen LogP contribution >= 0.6 is 23.2 Å². The molecule has 0 aromatic heterocycles. The number of rotatable bonds is 7. The number of anilines is 1. The number of morpholine rings is 1. The van der Waals surface area contributed by atoms with Gasteiger partial charge in [-0.15, -0.1) is 0 Å². The molecule has 0 saturated carbocycles. The number of nitrogens with one attached hydrogen (secondary N) is 2. The summed E-state index contributed by atoms with van der Waals surface area (Å²) in [5.41, 5.74) is 0.764. The van der Waals surface area contributed by atoms with Crippen molar-refractivity contribution in [2.24, 2.45) is 5.41 Å². The van der Waals surface area contributed by atoms with Crippen molar-refractivity contribution in [1.82, 2.24) is 10.2 Å². The van der Waals surface area contributed by atoms with E-state index in [1.807, 2.05) is 6.07 Å². The smallest absolute Gasteiger partial charge is 0.237 e. The average Bonchev–Trinajstić information content (AvgIpc) is 3.32. The van der Waals surface area contributed by atoms with E-state index in [0.717, 1.165) is 38.4 Å². The number of carbonyl (C=O) groups excluding carboxylic acids is 1. The fraction of sp³-hybridized carbons (Fsp3) is 0.552. The lowest BCUT2D eigenvalue weighted by molar-refractivity contribution is -0.122. The van der Waals surface area contributed by atoms with Gasteiger partial charge in [0.2, 0.25) is 5.91 Å². The molecule has 1 amide bonds. The second-order valence-electron chi connectivity index (χ2n) is 11.8. The second kappa shape index (κ2) is 11.0. The van der Waals surface area contributed by atoms with Crippen LogP contribution in [0.4, 0.5) is 10.1 Å². The Morgan fingerprint density at radius 2 is 1.95 bits per heavy atom. The Kier molecular flexibility index (Phi) is 8.07. The van der Waals surface area contributed by atoms with E-state index in [2.05, 4.69) is 36.3 Å². The Hall–Kier alpha value is -1.74. The standard InChI is InChI=1S/C29H36Cl2FN3O3/c1-28(2,3)16-24-29(20-8-7-18(30)15-22(20)34-27(29)36)25(19-5-4-6-21(31)26(19)32)23(33-24)17-38-14-11-35-9-12-37-13-10-35/h4-8,15,23-25,33H,9-14,16-17H2,1-3H3,(H,34,36)/t23-,24+,25-,29-/m0/s1. The highest BCUT2D eigenvalue weighted by atomic mass is 35.5. The summed E-state index contributed by atoms with van der Waals surface area (Å²) in [5, 5.41) is 7.39. The molecular formula is C29H36Cl2FN3O3. The third-order valence-electron chi connectivity index (χ3n) is 8.00. The van der Waals surface area contributed by atoms with Crippen molar-refractivity contribution < 1.29 is 18.7 Å². The number of benzene rings is 2. The molecule has 5 rings (SSSR count). The summed E-state index contributed by atoms with van der Waals surface area (Å²) in [5.74, 6) is -1.19. The van der Waals surface area contributed by atoms with Gasteiger partial charge in [0.15, 0.2) is 0 Å². The summed E-state index contributed by atoms with van der Waals surface area (Å²) in [6.45, 7) is 11.4. The number of carbonyl (C=O) groups is 1. The molecule has 3 aliphatic rings. The molecule has 2 saturated heterocycles. The number of halogens is 3. The Morgan fingerprint density at radius 3 is 2.68 bits per heavy atom. The number of amides is 1. The minimum absolute atomic E-state index is 0.0404. The lowest BCUT2D eigenvalue weighted by Gasteiger charge is -2.38. The normalized spacial score (nSPS) is 27.6. The van der Waals surface area contributed by atoms with Gasteiger partial charge in [-0.25, -0.2) is 4.39 Å². The zero-order valence-electron chi connectivity index (χ0n) is 22.2. The van der Waals surface area contributed by atoms with Gasteiger partial charge in [-0.3, -0.25) is 9.69 Å². The van der Waals surface area contributed by atoms with Crippen LogP contribution in [0.5, 0.6) is 0 Å².